The Bertz CT molecular complexity index is 433. The second-order valence-electron chi connectivity index (χ2n) is 5.08. The number of aromatic nitrogens is 2. The van der Waals surface area contributed by atoms with Gasteiger partial charge in [0.25, 0.3) is 0 Å². The summed E-state index contributed by atoms with van der Waals surface area (Å²) in [6, 6.07) is 0. The highest BCUT2D eigenvalue weighted by atomic mass is 32.2. The zero-order valence-corrected chi connectivity index (χ0v) is 12.7. The van der Waals surface area contributed by atoms with Gasteiger partial charge in [-0.1, -0.05) is 6.92 Å². The van der Waals surface area contributed by atoms with Crippen LogP contribution in [0.4, 0.5) is 11.6 Å². The van der Waals surface area contributed by atoms with Gasteiger partial charge >= 0.3 is 0 Å². The molecule has 0 saturated heterocycles. The molecule has 0 bridgehead atoms. The van der Waals surface area contributed by atoms with Crippen molar-refractivity contribution >= 4 is 23.4 Å². The van der Waals surface area contributed by atoms with Crippen LogP contribution in [0.25, 0.3) is 0 Å². The highest BCUT2D eigenvalue weighted by molar-refractivity contribution is 7.99. The van der Waals surface area contributed by atoms with Crippen LogP contribution in [0.3, 0.4) is 0 Å². The Kier molecular flexibility index (Phi) is 4.87. The van der Waals surface area contributed by atoms with E-state index in [1.165, 1.54) is 12.8 Å². The van der Waals surface area contributed by atoms with Crippen LogP contribution in [-0.4, -0.2) is 28.0 Å². The molecule has 1 saturated carbocycles. The van der Waals surface area contributed by atoms with Gasteiger partial charge in [0.1, 0.15) is 17.5 Å². The van der Waals surface area contributed by atoms with E-state index in [1.807, 2.05) is 18.7 Å². The van der Waals surface area contributed by atoms with Crippen LogP contribution >= 0.6 is 11.8 Å². The maximum atomic E-state index is 5.54. The van der Waals surface area contributed by atoms with Crippen LogP contribution in [0.1, 0.15) is 43.5 Å². The molecule has 1 aromatic rings. The number of nitrogens with two attached hydrogens (primary N) is 1. The number of hydrogen-bond donors (Lipinski definition) is 3. The molecule has 0 spiro atoms. The lowest BCUT2D eigenvalue weighted by atomic mass is 10.2. The molecule has 0 amide bonds. The molecule has 2 rings (SSSR count). The van der Waals surface area contributed by atoms with Crippen molar-refractivity contribution in [3.63, 3.8) is 0 Å². The molecule has 0 aromatic carbocycles. The van der Waals surface area contributed by atoms with E-state index in [1.54, 1.807) is 0 Å². The van der Waals surface area contributed by atoms with Crippen LogP contribution in [0.15, 0.2) is 0 Å². The fourth-order valence-electron chi connectivity index (χ4n) is 1.88. The van der Waals surface area contributed by atoms with Crippen molar-refractivity contribution in [2.75, 3.05) is 23.5 Å². The monoisotopic (exact) mass is 281 g/mol. The van der Waals surface area contributed by atoms with Crippen LogP contribution < -0.4 is 16.6 Å². The number of nitrogen functional groups attached to an aromatic ring is 1. The van der Waals surface area contributed by atoms with Crippen molar-refractivity contribution in [2.45, 2.75) is 44.3 Å². The van der Waals surface area contributed by atoms with Gasteiger partial charge in [0.2, 0.25) is 0 Å². The van der Waals surface area contributed by atoms with Crippen molar-refractivity contribution in [1.82, 2.24) is 9.97 Å². The molecule has 1 aliphatic carbocycles. The molecule has 1 unspecified atom stereocenters. The van der Waals surface area contributed by atoms with E-state index in [0.29, 0.717) is 11.2 Å². The fourth-order valence-corrected chi connectivity index (χ4v) is 2.24. The molecule has 1 atom stereocenters. The number of rotatable bonds is 7. The molecule has 1 heterocycles. The largest absolute Gasteiger partial charge is 0.370 e. The Morgan fingerprint density at radius 3 is 2.63 bits per heavy atom. The molecule has 1 aliphatic rings. The second-order valence-corrected chi connectivity index (χ2v) is 6.36. The second kappa shape index (κ2) is 6.43. The maximum Gasteiger partial charge on any atom is 0.148 e. The van der Waals surface area contributed by atoms with Gasteiger partial charge in [-0.15, -0.1) is 0 Å². The first-order valence-corrected chi connectivity index (χ1v) is 8.06. The predicted molar refractivity (Wildman–Crippen MR) is 82.6 cm³/mol. The Balaban J connectivity index is 2.07. The lowest BCUT2D eigenvalue weighted by molar-refractivity contribution is 0.840. The maximum absolute atomic E-state index is 5.54. The third-order valence-corrected chi connectivity index (χ3v) is 4.53. The summed E-state index contributed by atoms with van der Waals surface area (Å²) in [4.78, 5) is 9.12. The highest BCUT2D eigenvalue weighted by Crippen LogP contribution is 2.39. The predicted octanol–water partition coefficient (Wildman–Crippen LogP) is 2.50. The first-order chi connectivity index (χ1) is 9.15. The van der Waals surface area contributed by atoms with E-state index >= 15 is 0 Å². The lowest BCUT2D eigenvalue weighted by Gasteiger charge is -2.14. The number of hydrazine groups is 1. The molecule has 1 aromatic heterocycles. The number of thioether (sulfide) groups is 1. The number of hydrogen-bond acceptors (Lipinski definition) is 6. The Morgan fingerprint density at radius 2 is 2.05 bits per heavy atom. The van der Waals surface area contributed by atoms with Gasteiger partial charge in [-0.3, -0.25) is 0 Å². The minimum Gasteiger partial charge on any atom is -0.370 e. The standard InChI is InChI=1S/C13H23N5S/c1-8(19-3)6-7-15-11-9(2)12(18-14)17-13(16-11)10-4-5-10/h8,10H,4-7,14H2,1-3H3,(H2,15,16,17,18). The molecular weight excluding hydrogens is 258 g/mol. The Hall–Kier alpha value is -1.01. The van der Waals surface area contributed by atoms with E-state index in [-0.39, 0.29) is 0 Å². The zero-order valence-electron chi connectivity index (χ0n) is 11.9. The van der Waals surface area contributed by atoms with E-state index in [4.69, 9.17) is 5.84 Å². The summed E-state index contributed by atoms with van der Waals surface area (Å²) in [6.07, 6.45) is 5.64. The van der Waals surface area contributed by atoms with Gasteiger partial charge in [0.15, 0.2) is 0 Å². The van der Waals surface area contributed by atoms with E-state index in [2.05, 4.69) is 33.9 Å². The lowest BCUT2D eigenvalue weighted by Crippen LogP contribution is -2.16. The topological polar surface area (TPSA) is 75.9 Å². The van der Waals surface area contributed by atoms with Crippen LogP contribution in [0.5, 0.6) is 0 Å². The van der Waals surface area contributed by atoms with Crippen molar-refractivity contribution in [1.29, 1.82) is 0 Å². The molecule has 1 fully saturated rings. The van der Waals surface area contributed by atoms with Gasteiger partial charge in [-0.05, 0) is 32.4 Å². The molecule has 19 heavy (non-hydrogen) atoms. The molecule has 0 aliphatic heterocycles. The minimum absolute atomic E-state index is 0.526. The molecule has 5 nitrogen and oxygen atoms in total. The van der Waals surface area contributed by atoms with Gasteiger partial charge < -0.3 is 10.7 Å². The summed E-state index contributed by atoms with van der Waals surface area (Å²) in [5.41, 5.74) is 3.66. The summed E-state index contributed by atoms with van der Waals surface area (Å²) in [6.45, 7) is 5.15. The Labute approximate surface area is 119 Å². The van der Waals surface area contributed by atoms with E-state index in [0.717, 1.165) is 36.0 Å². The molecular formula is C13H23N5S. The number of anilines is 2. The number of nitrogens with zero attached hydrogens (tertiary/aromatic N) is 2. The summed E-state index contributed by atoms with van der Waals surface area (Å²) in [5, 5.41) is 4.07. The van der Waals surface area contributed by atoms with Crippen molar-refractivity contribution in [3.05, 3.63) is 11.4 Å². The number of nitrogens with one attached hydrogen (secondary N) is 2. The average Bonchev–Trinajstić information content (AvgIpc) is 3.24. The van der Waals surface area contributed by atoms with Crippen molar-refractivity contribution in [3.8, 4) is 0 Å². The summed E-state index contributed by atoms with van der Waals surface area (Å²) in [5.74, 6) is 8.63. The molecule has 106 valence electrons. The van der Waals surface area contributed by atoms with E-state index < -0.39 is 0 Å². The van der Waals surface area contributed by atoms with E-state index in [9.17, 15) is 0 Å². The molecule has 4 N–H and O–H groups in total. The fraction of sp³-hybridized carbons (Fsp3) is 0.692. The average molecular weight is 281 g/mol. The molecule has 0 radical (unpaired) electrons. The molecule has 6 heteroatoms. The first-order valence-electron chi connectivity index (χ1n) is 6.77. The van der Waals surface area contributed by atoms with Crippen LogP contribution in [0, 0.1) is 6.92 Å². The van der Waals surface area contributed by atoms with Crippen LogP contribution in [0.2, 0.25) is 0 Å². The third-order valence-electron chi connectivity index (χ3n) is 3.49. The summed E-state index contributed by atoms with van der Waals surface area (Å²) < 4.78 is 0. The third kappa shape index (κ3) is 3.73. The SMILES string of the molecule is CSC(C)CCNc1nc(C2CC2)nc(NN)c1C. The highest BCUT2D eigenvalue weighted by Gasteiger charge is 2.28. The smallest absolute Gasteiger partial charge is 0.148 e. The first kappa shape index (κ1) is 14.4. The summed E-state index contributed by atoms with van der Waals surface area (Å²) >= 11 is 1.88. The van der Waals surface area contributed by atoms with Gasteiger partial charge in [-0.2, -0.15) is 11.8 Å². The van der Waals surface area contributed by atoms with Crippen molar-refractivity contribution < 1.29 is 0 Å². The minimum atomic E-state index is 0.526. The van der Waals surface area contributed by atoms with Crippen LogP contribution in [-0.2, 0) is 0 Å². The van der Waals surface area contributed by atoms with Gasteiger partial charge in [-0.25, -0.2) is 15.8 Å². The normalized spacial score (nSPS) is 16.2. The summed E-state index contributed by atoms with van der Waals surface area (Å²) in [7, 11) is 0. The Morgan fingerprint density at radius 1 is 1.37 bits per heavy atom. The van der Waals surface area contributed by atoms with Gasteiger partial charge in [0, 0.05) is 23.3 Å². The van der Waals surface area contributed by atoms with Gasteiger partial charge in [0.05, 0.1) is 0 Å². The quantitative estimate of drug-likeness (QED) is 0.526. The zero-order chi connectivity index (χ0) is 13.8. The van der Waals surface area contributed by atoms with Crippen molar-refractivity contribution in [2.24, 2.45) is 5.84 Å².